The van der Waals surface area contributed by atoms with Crippen molar-refractivity contribution in [2.24, 2.45) is 5.73 Å². The summed E-state index contributed by atoms with van der Waals surface area (Å²) in [5.41, 5.74) is 7.90. The maximum Gasteiger partial charge on any atom is 0.138 e. The average molecular weight is 230 g/mol. The lowest BCUT2D eigenvalue weighted by Gasteiger charge is -2.11. The lowest BCUT2D eigenvalue weighted by Crippen LogP contribution is -2.06. The molecule has 0 unspecified atom stereocenters. The third-order valence-corrected chi connectivity index (χ3v) is 2.79. The molecule has 0 radical (unpaired) electrons. The zero-order valence-corrected chi connectivity index (χ0v) is 10.5. The Morgan fingerprint density at radius 2 is 2.12 bits per heavy atom. The highest BCUT2D eigenvalue weighted by Crippen LogP contribution is 2.17. The SMILES string of the molecule is Cc1nccn1-c1cc(CN)cc(C(C)C)n1. The molecule has 0 aromatic carbocycles. The molecule has 0 aliphatic heterocycles. The number of imidazole rings is 1. The van der Waals surface area contributed by atoms with Crippen molar-refractivity contribution in [1.29, 1.82) is 0 Å². The Kier molecular flexibility index (Phi) is 3.24. The summed E-state index contributed by atoms with van der Waals surface area (Å²) in [7, 11) is 0. The van der Waals surface area contributed by atoms with E-state index in [4.69, 9.17) is 5.73 Å². The summed E-state index contributed by atoms with van der Waals surface area (Å²) in [5.74, 6) is 2.22. The van der Waals surface area contributed by atoms with Gasteiger partial charge in [0.25, 0.3) is 0 Å². The number of aromatic nitrogens is 3. The zero-order valence-electron chi connectivity index (χ0n) is 10.5. The van der Waals surface area contributed by atoms with Crippen LogP contribution < -0.4 is 5.73 Å². The number of hydrogen-bond acceptors (Lipinski definition) is 3. The minimum Gasteiger partial charge on any atom is -0.326 e. The van der Waals surface area contributed by atoms with Gasteiger partial charge in [0.2, 0.25) is 0 Å². The number of pyridine rings is 1. The maximum absolute atomic E-state index is 5.73. The van der Waals surface area contributed by atoms with Crippen LogP contribution in [0.5, 0.6) is 0 Å². The van der Waals surface area contributed by atoms with Crippen molar-refractivity contribution in [3.8, 4) is 5.82 Å². The Hall–Kier alpha value is -1.68. The van der Waals surface area contributed by atoms with Crippen molar-refractivity contribution in [1.82, 2.24) is 14.5 Å². The van der Waals surface area contributed by atoms with E-state index in [0.717, 1.165) is 22.9 Å². The Labute approximate surface area is 102 Å². The molecule has 4 heteroatoms. The van der Waals surface area contributed by atoms with Gasteiger partial charge < -0.3 is 5.73 Å². The van der Waals surface area contributed by atoms with Crippen molar-refractivity contribution in [2.45, 2.75) is 33.2 Å². The zero-order chi connectivity index (χ0) is 12.4. The van der Waals surface area contributed by atoms with E-state index in [-0.39, 0.29) is 0 Å². The van der Waals surface area contributed by atoms with E-state index >= 15 is 0 Å². The fourth-order valence-electron chi connectivity index (χ4n) is 1.75. The van der Waals surface area contributed by atoms with Gasteiger partial charge >= 0.3 is 0 Å². The minimum absolute atomic E-state index is 0.393. The van der Waals surface area contributed by atoms with Crippen LogP contribution in [-0.4, -0.2) is 14.5 Å². The highest BCUT2D eigenvalue weighted by atomic mass is 15.1. The molecule has 0 aliphatic rings. The molecular weight excluding hydrogens is 212 g/mol. The molecule has 0 amide bonds. The van der Waals surface area contributed by atoms with Crippen molar-refractivity contribution in [3.05, 3.63) is 41.6 Å². The minimum atomic E-state index is 0.393. The fraction of sp³-hybridized carbons (Fsp3) is 0.385. The van der Waals surface area contributed by atoms with Gasteiger partial charge in [0.1, 0.15) is 11.6 Å². The Morgan fingerprint density at radius 1 is 1.35 bits per heavy atom. The molecular formula is C13H18N4. The largest absolute Gasteiger partial charge is 0.326 e. The predicted molar refractivity (Wildman–Crippen MR) is 68.1 cm³/mol. The van der Waals surface area contributed by atoms with Crippen LogP contribution in [-0.2, 0) is 6.54 Å². The molecule has 0 atom stereocenters. The number of rotatable bonds is 3. The Balaban J connectivity index is 2.54. The number of nitrogens with two attached hydrogens (primary N) is 1. The summed E-state index contributed by atoms with van der Waals surface area (Å²) in [4.78, 5) is 8.87. The number of hydrogen-bond donors (Lipinski definition) is 1. The summed E-state index contributed by atoms with van der Waals surface area (Å²) in [5, 5.41) is 0. The van der Waals surface area contributed by atoms with Gasteiger partial charge in [-0.05, 0) is 30.5 Å². The van der Waals surface area contributed by atoms with Gasteiger partial charge in [-0.1, -0.05) is 13.8 Å². The molecule has 0 aliphatic carbocycles. The van der Waals surface area contributed by atoms with Crippen LogP contribution in [0.2, 0.25) is 0 Å². The molecule has 0 saturated heterocycles. The first-order valence-corrected chi connectivity index (χ1v) is 5.83. The summed E-state index contributed by atoms with van der Waals surface area (Å²) in [6.45, 7) is 6.76. The quantitative estimate of drug-likeness (QED) is 0.879. The third kappa shape index (κ3) is 2.36. The van der Waals surface area contributed by atoms with Gasteiger partial charge in [-0.15, -0.1) is 0 Å². The van der Waals surface area contributed by atoms with E-state index in [1.54, 1.807) is 6.20 Å². The van der Waals surface area contributed by atoms with Crippen molar-refractivity contribution < 1.29 is 0 Å². The normalized spacial score (nSPS) is 11.1. The highest BCUT2D eigenvalue weighted by Gasteiger charge is 2.08. The van der Waals surface area contributed by atoms with Gasteiger partial charge in [0, 0.05) is 24.6 Å². The summed E-state index contributed by atoms with van der Waals surface area (Å²) >= 11 is 0. The molecule has 90 valence electrons. The van der Waals surface area contributed by atoms with Crippen molar-refractivity contribution >= 4 is 0 Å². The summed E-state index contributed by atoms with van der Waals surface area (Å²) in [6.07, 6.45) is 3.70. The van der Waals surface area contributed by atoms with Crippen LogP contribution in [0.15, 0.2) is 24.5 Å². The van der Waals surface area contributed by atoms with Crippen LogP contribution in [0.1, 0.15) is 36.8 Å². The Bertz CT molecular complexity index is 514. The van der Waals surface area contributed by atoms with Gasteiger partial charge in [0.05, 0.1) is 0 Å². The van der Waals surface area contributed by atoms with Crippen LogP contribution in [0.25, 0.3) is 5.82 Å². The van der Waals surface area contributed by atoms with Crippen LogP contribution in [0.4, 0.5) is 0 Å². The first-order valence-electron chi connectivity index (χ1n) is 5.83. The molecule has 0 bridgehead atoms. The van der Waals surface area contributed by atoms with Crippen LogP contribution in [0.3, 0.4) is 0 Å². The van der Waals surface area contributed by atoms with E-state index in [2.05, 4.69) is 29.9 Å². The molecule has 4 nitrogen and oxygen atoms in total. The van der Waals surface area contributed by atoms with E-state index in [9.17, 15) is 0 Å². The van der Waals surface area contributed by atoms with E-state index in [0.29, 0.717) is 12.5 Å². The monoisotopic (exact) mass is 230 g/mol. The molecule has 0 fully saturated rings. The molecule has 2 aromatic heterocycles. The van der Waals surface area contributed by atoms with Crippen LogP contribution >= 0.6 is 0 Å². The smallest absolute Gasteiger partial charge is 0.138 e. The molecule has 2 heterocycles. The second kappa shape index (κ2) is 4.67. The highest BCUT2D eigenvalue weighted by molar-refractivity contribution is 5.33. The molecule has 0 saturated carbocycles. The molecule has 2 rings (SSSR count). The first kappa shape index (κ1) is 11.8. The standard InChI is InChI=1S/C13H18N4/c1-9(2)12-6-11(8-14)7-13(16-12)17-5-4-15-10(17)3/h4-7,9H,8,14H2,1-3H3. The summed E-state index contributed by atoms with van der Waals surface area (Å²) < 4.78 is 1.98. The maximum atomic E-state index is 5.73. The number of aryl methyl sites for hydroxylation is 1. The third-order valence-electron chi connectivity index (χ3n) is 2.79. The second-order valence-electron chi connectivity index (χ2n) is 4.46. The second-order valence-corrected chi connectivity index (χ2v) is 4.46. The van der Waals surface area contributed by atoms with Crippen molar-refractivity contribution in [3.63, 3.8) is 0 Å². The van der Waals surface area contributed by atoms with E-state index in [1.807, 2.05) is 23.8 Å². The topological polar surface area (TPSA) is 56.7 Å². The van der Waals surface area contributed by atoms with Crippen molar-refractivity contribution in [2.75, 3.05) is 0 Å². The van der Waals surface area contributed by atoms with Gasteiger partial charge in [-0.25, -0.2) is 9.97 Å². The van der Waals surface area contributed by atoms with Crippen LogP contribution in [0, 0.1) is 6.92 Å². The molecule has 0 spiro atoms. The summed E-state index contributed by atoms with van der Waals surface area (Å²) in [6, 6.07) is 4.08. The average Bonchev–Trinajstić information content (AvgIpc) is 2.74. The number of nitrogens with zero attached hydrogens (tertiary/aromatic N) is 3. The predicted octanol–water partition coefficient (Wildman–Crippen LogP) is 2.16. The van der Waals surface area contributed by atoms with Gasteiger partial charge in [-0.2, -0.15) is 0 Å². The molecule has 2 aromatic rings. The lowest BCUT2D eigenvalue weighted by molar-refractivity contribution is 0.797. The molecule has 17 heavy (non-hydrogen) atoms. The Morgan fingerprint density at radius 3 is 2.65 bits per heavy atom. The van der Waals surface area contributed by atoms with Gasteiger partial charge in [0.15, 0.2) is 0 Å². The van der Waals surface area contributed by atoms with Gasteiger partial charge in [-0.3, -0.25) is 4.57 Å². The lowest BCUT2D eigenvalue weighted by atomic mass is 10.1. The first-order chi connectivity index (χ1) is 8.11. The fourth-order valence-corrected chi connectivity index (χ4v) is 1.75. The van der Waals surface area contributed by atoms with E-state index < -0.39 is 0 Å². The molecule has 2 N–H and O–H groups in total. The van der Waals surface area contributed by atoms with E-state index in [1.165, 1.54) is 0 Å².